The highest BCUT2D eigenvalue weighted by atomic mass is 32.2. The number of nitrogens with one attached hydrogen (secondary N) is 2. The van der Waals surface area contributed by atoms with Crippen LogP contribution in [0.25, 0.3) is 0 Å². The fourth-order valence-electron chi connectivity index (χ4n) is 4.28. The third-order valence-corrected chi connectivity index (χ3v) is 7.11. The van der Waals surface area contributed by atoms with Crippen LogP contribution in [0.5, 0.6) is 0 Å². The van der Waals surface area contributed by atoms with Crippen molar-refractivity contribution in [2.24, 2.45) is 5.92 Å². The molecule has 152 valence electrons. The molecule has 4 rings (SSSR count). The van der Waals surface area contributed by atoms with Crippen LogP contribution >= 0.6 is 0 Å². The Balaban J connectivity index is 1.75. The number of fused-ring (bicyclic) bond motifs is 3. The number of benzene rings is 2. The lowest BCUT2D eigenvalue weighted by atomic mass is 9.76. The van der Waals surface area contributed by atoms with E-state index < -0.39 is 10.0 Å². The summed E-state index contributed by atoms with van der Waals surface area (Å²) in [5.74, 6) is 0.0996. The van der Waals surface area contributed by atoms with Crippen molar-refractivity contribution in [1.82, 2.24) is 4.72 Å². The van der Waals surface area contributed by atoms with E-state index in [1.165, 1.54) is 6.07 Å². The van der Waals surface area contributed by atoms with Crippen molar-refractivity contribution in [3.05, 3.63) is 75.9 Å². The Labute approximate surface area is 170 Å². The standard InChI is InChI=1S/C21H23N3O4S/c1-2-12-22-29(27,28)14-10-11-19-18(13-14)15-7-5-8-16(15)21(23-19)17-6-3-4-9-20(17)24(25)26/h3-7,9-11,13,15-16,21-23H,2,8,12H2,1H3. The lowest BCUT2D eigenvalue weighted by Crippen LogP contribution is -2.30. The molecule has 0 bridgehead atoms. The van der Waals surface area contributed by atoms with E-state index >= 15 is 0 Å². The molecule has 2 aromatic carbocycles. The third-order valence-electron chi connectivity index (χ3n) is 5.66. The summed E-state index contributed by atoms with van der Waals surface area (Å²) < 4.78 is 27.7. The van der Waals surface area contributed by atoms with Gasteiger partial charge in [-0.05, 0) is 42.5 Å². The minimum atomic E-state index is -3.56. The van der Waals surface area contributed by atoms with E-state index in [9.17, 15) is 18.5 Å². The van der Waals surface area contributed by atoms with Crippen LogP contribution in [0.1, 0.15) is 42.9 Å². The van der Waals surface area contributed by atoms with Gasteiger partial charge in [0.05, 0.1) is 21.4 Å². The molecule has 1 aliphatic carbocycles. The maximum Gasteiger partial charge on any atom is 0.274 e. The number of nitro benzene ring substituents is 1. The number of nitro groups is 1. The molecular weight excluding hydrogens is 390 g/mol. The van der Waals surface area contributed by atoms with Crippen molar-refractivity contribution in [2.75, 3.05) is 11.9 Å². The Bertz CT molecular complexity index is 1080. The average Bonchev–Trinajstić information content (AvgIpc) is 3.21. The molecule has 3 unspecified atom stereocenters. The molecule has 0 radical (unpaired) electrons. The number of sulfonamides is 1. The summed E-state index contributed by atoms with van der Waals surface area (Å²) >= 11 is 0. The van der Waals surface area contributed by atoms with Crippen molar-refractivity contribution in [3.8, 4) is 0 Å². The molecule has 1 aliphatic heterocycles. The quantitative estimate of drug-likeness (QED) is 0.422. The molecular formula is C21H23N3O4S. The maximum atomic E-state index is 12.5. The molecule has 7 nitrogen and oxygen atoms in total. The molecule has 0 saturated heterocycles. The molecule has 0 aromatic heterocycles. The lowest BCUT2D eigenvalue weighted by Gasteiger charge is -2.37. The largest absolute Gasteiger partial charge is 0.377 e. The minimum Gasteiger partial charge on any atom is -0.377 e. The van der Waals surface area contributed by atoms with Gasteiger partial charge in [0.2, 0.25) is 10.0 Å². The molecule has 2 aliphatic rings. The highest BCUT2D eigenvalue weighted by Gasteiger charge is 2.40. The summed E-state index contributed by atoms with van der Waals surface area (Å²) in [4.78, 5) is 11.4. The summed E-state index contributed by atoms with van der Waals surface area (Å²) in [5.41, 5.74) is 2.48. The molecule has 8 heteroatoms. The second-order valence-electron chi connectivity index (χ2n) is 7.44. The number of anilines is 1. The van der Waals surface area contributed by atoms with E-state index in [1.807, 2.05) is 13.0 Å². The Hall–Kier alpha value is -2.71. The van der Waals surface area contributed by atoms with Gasteiger partial charge < -0.3 is 5.32 Å². The van der Waals surface area contributed by atoms with Gasteiger partial charge in [-0.2, -0.15) is 0 Å². The maximum absolute atomic E-state index is 12.5. The fraction of sp³-hybridized carbons (Fsp3) is 0.333. The number of allylic oxidation sites excluding steroid dienone is 2. The van der Waals surface area contributed by atoms with E-state index in [4.69, 9.17) is 0 Å². The van der Waals surface area contributed by atoms with E-state index in [0.717, 1.165) is 24.1 Å². The first-order valence-corrected chi connectivity index (χ1v) is 11.2. The Morgan fingerprint density at radius 2 is 2.00 bits per heavy atom. The van der Waals surface area contributed by atoms with Crippen LogP contribution < -0.4 is 10.0 Å². The summed E-state index contributed by atoms with van der Waals surface area (Å²) in [6, 6.07) is 11.7. The second-order valence-corrected chi connectivity index (χ2v) is 9.21. The topological polar surface area (TPSA) is 101 Å². The minimum absolute atomic E-state index is 0.0115. The molecule has 1 heterocycles. The summed E-state index contributed by atoms with van der Waals surface area (Å²) in [5, 5.41) is 15.0. The van der Waals surface area contributed by atoms with E-state index in [-0.39, 0.29) is 33.4 Å². The van der Waals surface area contributed by atoms with Crippen LogP contribution in [0.3, 0.4) is 0 Å². The number of nitrogens with zero attached hydrogens (tertiary/aromatic N) is 1. The molecule has 0 amide bonds. The van der Waals surface area contributed by atoms with Gasteiger partial charge in [-0.15, -0.1) is 0 Å². The van der Waals surface area contributed by atoms with Gasteiger partial charge in [-0.1, -0.05) is 37.3 Å². The molecule has 2 N–H and O–H groups in total. The van der Waals surface area contributed by atoms with E-state index in [1.54, 1.807) is 30.3 Å². The molecule has 0 saturated carbocycles. The molecule has 2 aromatic rings. The van der Waals surface area contributed by atoms with E-state index in [0.29, 0.717) is 12.1 Å². The van der Waals surface area contributed by atoms with Crippen molar-refractivity contribution in [1.29, 1.82) is 0 Å². The fourth-order valence-corrected chi connectivity index (χ4v) is 5.45. The van der Waals surface area contributed by atoms with Gasteiger partial charge >= 0.3 is 0 Å². The Kier molecular flexibility index (Phi) is 5.14. The lowest BCUT2D eigenvalue weighted by molar-refractivity contribution is -0.385. The van der Waals surface area contributed by atoms with Gasteiger partial charge in [0.15, 0.2) is 0 Å². The van der Waals surface area contributed by atoms with Crippen LogP contribution in [0.15, 0.2) is 59.5 Å². The molecule has 29 heavy (non-hydrogen) atoms. The van der Waals surface area contributed by atoms with Gasteiger partial charge in [-0.3, -0.25) is 10.1 Å². The van der Waals surface area contributed by atoms with E-state index in [2.05, 4.69) is 22.2 Å². The monoisotopic (exact) mass is 413 g/mol. The van der Waals surface area contributed by atoms with Crippen molar-refractivity contribution in [3.63, 3.8) is 0 Å². The van der Waals surface area contributed by atoms with Crippen molar-refractivity contribution < 1.29 is 13.3 Å². The molecule has 0 fully saturated rings. The average molecular weight is 413 g/mol. The Morgan fingerprint density at radius 3 is 2.76 bits per heavy atom. The predicted octanol–water partition coefficient (Wildman–Crippen LogP) is 4.11. The van der Waals surface area contributed by atoms with Gasteiger partial charge in [0.1, 0.15) is 0 Å². The first-order chi connectivity index (χ1) is 13.9. The summed E-state index contributed by atoms with van der Waals surface area (Å²) in [6.07, 6.45) is 5.65. The smallest absolute Gasteiger partial charge is 0.274 e. The normalized spacial score (nSPS) is 22.6. The zero-order chi connectivity index (χ0) is 20.6. The number of hydrogen-bond acceptors (Lipinski definition) is 5. The zero-order valence-electron chi connectivity index (χ0n) is 16.0. The zero-order valence-corrected chi connectivity index (χ0v) is 16.9. The highest BCUT2D eigenvalue weighted by molar-refractivity contribution is 7.89. The number of hydrogen-bond donors (Lipinski definition) is 2. The van der Waals surface area contributed by atoms with Gasteiger partial charge in [0, 0.05) is 24.2 Å². The van der Waals surface area contributed by atoms with Crippen molar-refractivity contribution in [2.45, 2.75) is 36.6 Å². The highest BCUT2D eigenvalue weighted by Crippen LogP contribution is 2.51. The van der Waals surface area contributed by atoms with Crippen LogP contribution in [0.4, 0.5) is 11.4 Å². The summed E-state index contributed by atoms with van der Waals surface area (Å²) in [7, 11) is -3.56. The number of rotatable bonds is 6. The second kappa shape index (κ2) is 7.61. The van der Waals surface area contributed by atoms with Crippen LogP contribution in [-0.2, 0) is 10.0 Å². The van der Waals surface area contributed by atoms with Gasteiger partial charge in [-0.25, -0.2) is 13.1 Å². The molecule has 3 atom stereocenters. The first-order valence-electron chi connectivity index (χ1n) is 9.72. The SMILES string of the molecule is CCCNS(=O)(=O)c1ccc2c(c1)C1C=CCC1C(c1ccccc1[N+](=O)[O-])N2. The van der Waals surface area contributed by atoms with Gasteiger partial charge in [0.25, 0.3) is 5.69 Å². The molecule has 0 spiro atoms. The first kappa shape index (κ1) is 19.6. The third kappa shape index (κ3) is 3.54. The van der Waals surface area contributed by atoms with Crippen LogP contribution in [0.2, 0.25) is 0 Å². The van der Waals surface area contributed by atoms with Crippen LogP contribution in [-0.4, -0.2) is 19.9 Å². The summed E-state index contributed by atoms with van der Waals surface area (Å²) in [6.45, 7) is 2.31. The number of para-hydroxylation sites is 1. The predicted molar refractivity (Wildman–Crippen MR) is 111 cm³/mol. The Morgan fingerprint density at radius 1 is 1.21 bits per heavy atom. The van der Waals surface area contributed by atoms with Crippen molar-refractivity contribution >= 4 is 21.4 Å². The van der Waals surface area contributed by atoms with Crippen LogP contribution in [0, 0.1) is 16.0 Å².